The predicted molar refractivity (Wildman–Crippen MR) is 112 cm³/mol. The van der Waals surface area contributed by atoms with Gasteiger partial charge in [-0.05, 0) is 42.8 Å². The van der Waals surface area contributed by atoms with Crippen LogP contribution in [0.15, 0.2) is 42.5 Å². The minimum atomic E-state index is -0.382. The van der Waals surface area contributed by atoms with Crippen molar-refractivity contribution >= 4 is 40.7 Å². The van der Waals surface area contributed by atoms with Gasteiger partial charge in [-0.3, -0.25) is 14.4 Å². The Balaban J connectivity index is 1.67. The number of nitrogens with one attached hydrogen (secondary N) is 1. The molecular formula is C21H22ClN3O4. The van der Waals surface area contributed by atoms with Crippen LogP contribution in [-0.2, 0) is 9.59 Å². The van der Waals surface area contributed by atoms with E-state index in [0.717, 1.165) is 6.42 Å². The van der Waals surface area contributed by atoms with E-state index in [0.29, 0.717) is 40.7 Å². The van der Waals surface area contributed by atoms with E-state index in [1.54, 1.807) is 54.4 Å². The molecule has 152 valence electrons. The van der Waals surface area contributed by atoms with Crippen LogP contribution >= 0.6 is 11.6 Å². The number of rotatable bonds is 6. The summed E-state index contributed by atoms with van der Waals surface area (Å²) in [7, 11) is 3.04. The van der Waals surface area contributed by atoms with E-state index in [9.17, 15) is 14.4 Å². The van der Waals surface area contributed by atoms with Crippen LogP contribution in [-0.4, -0.2) is 49.9 Å². The molecule has 1 fully saturated rings. The van der Waals surface area contributed by atoms with Gasteiger partial charge in [0.25, 0.3) is 5.91 Å². The van der Waals surface area contributed by atoms with Crippen molar-refractivity contribution in [2.45, 2.75) is 12.8 Å². The van der Waals surface area contributed by atoms with E-state index in [2.05, 4.69) is 5.32 Å². The molecular weight excluding hydrogens is 394 g/mol. The van der Waals surface area contributed by atoms with Crippen LogP contribution in [0.1, 0.15) is 23.2 Å². The Hall–Kier alpha value is -3.06. The molecule has 0 atom stereocenters. The van der Waals surface area contributed by atoms with Gasteiger partial charge >= 0.3 is 0 Å². The molecule has 1 heterocycles. The summed E-state index contributed by atoms with van der Waals surface area (Å²) >= 11 is 5.97. The first-order valence-electron chi connectivity index (χ1n) is 9.18. The standard InChI is InChI=1S/C21H22ClN3O4/c1-24(13-19(26)23-17-12-15(22)8-9-18(17)29-2)21(28)14-5-3-6-16(11-14)25-10-4-7-20(25)27/h3,5-6,8-9,11-12H,4,7,10,13H2,1-2H3,(H,23,26). The van der Waals surface area contributed by atoms with Crippen molar-refractivity contribution in [2.24, 2.45) is 0 Å². The molecule has 7 nitrogen and oxygen atoms in total. The minimum Gasteiger partial charge on any atom is -0.495 e. The number of carbonyl (C=O) groups is 3. The van der Waals surface area contributed by atoms with Gasteiger partial charge in [0.15, 0.2) is 0 Å². The molecule has 0 spiro atoms. The Labute approximate surface area is 174 Å². The molecule has 2 aromatic carbocycles. The van der Waals surface area contributed by atoms with E-state index in [4.69, 9.17) is 16.3 Å². The van der Waals surface area contributed by atoms with Crippen LogP contribution in [0.2, 0.25) is 5.02 Å². The molecule has 3 rings (SSSR count). The Kier molecular flexibility index (Phi) is 6.39. The monoisotopic (exact) mass is 415 g/mol. The van der Waals surface area contributed by atoms with Gasteiger partial charge in [-0.2, -0.15) is 0 Å². The topological polar surface area (TPSA) is 79.0 Å². The number of carbonyl (C=O) groups excluding carboxylic acids is 3. The fourth-order valence-electron chi connectivity index (χ4n) is 3.20. The number of benzene rings is 2. The van der Waals surface area contributed by atoms with Crippen molar-refractivity contribution in [1.82, 2.24) is 4.90 Å². The lowest BCUT2D eigenvalue weighted by molar-refractivity contribution is -0.117. The molecule has 2 aromatic rings. The maximum Gasteiger partial charge on any atom is 0.254 e. The second kappa shape index (κ2) is 8.96. The second-order valence-corrected chi connectivity index (χ2v) is 7.19. The quantitative estimate of drug-likeness (QED) is 0.785. The van der Waals surface area contributed by atoms with Crippen LogP contribution in [0.25, 0.3) is 0 Å². The number of amides is 3. The highest BCUT2D eigenvalue weighted by Crippen LogP contribution is 2.27. The summed E-state index contributed by atoms with van der Waals surface area (Å²) in [5.74, 6) is -0.170. The van der Waals surface area contributed by atoms with Gasteiger partial charge in [0, 0.05) is 36.3 Å². The molecule has 0 radical (unpaired) electrons. The smallest absolute Gasteiger partial charge is 0.254 e. The van der Waals surface area contributed by atoms with Gasteiger partial charge < -0.3 is 19.9 Å². The number of nitrogens with zero attached hydrogens (tertiary/aromatic N) is 2. The molecule has 0 saturated carbocycles. The number of ether oxygens (including phenoxy) is 1. The number of anilines is 2. The normalized spacial score (nSPS) is 13.3. The lowest BCUT2D eigenvalue weighted by Crippen LogP contribution is -2.35. The summed E-state index contributed by atoms with van der Waals surface area (Å²) in [4.78, 5) is 40.1. The SMILES string of the molecule is COc1ccc(Cl)cc1NC(=O)CN(C)C(=O)c1cccc(N2CCCC2=O)c1. The Morgan fingerprint density at radius 1 is 1.24 bits per heavy atom. The van der Waals surface area contributed by atoms with Gasteiger partial charge in [0.2, 0.25) is 11.8 Å². The summed E-state index contributed by atoms with van der Waals surface area (Å²) in [5.41, 5.74) is 1.54. The molecule has 0 aromatic heterocycles. The number of methoxy groups -OCH3 is 1. The predicted octanol–water partition coefficient (Wildman–Crippen LogP) is 3.19. The molecule has 0 aliphatic carbocycles. The zero-order valence-corrected chi connectivity index (χ0v) is 17.0. The van der Waals surface area contributed by atoms with Gasteiger partial charge in [-0.15, -0.1) is 0 Å². The molecule has 1 saturated heterocycles. The van der Waals surface area contributed by atoms with E-state index in [-0.39, 0.29) is 24.3 Å². The fourth-order valence-corrected chi connectivity index (χ4v) is 3.38. The fraction of sp³-hybridized carbons (Fsp3) is 0.286. The largest absolute Gasteiger partial charge is 0.495 e. The maximum absolute atomic E-state index is 12.8. The van der Waals surface area contributed by atoms with Crippen LogP contribution in [0.4, 0.5) is 11.4 Å². The molecule has 3 amide bonds. The summed E-state index contributed by atoms with van der Waals surface area (Å²) in [5, 5.41) is 3.16. The van der Waals surface area contributed by atoms with Crippen molar-refractivity contribution in [2.75, 3.05) is 37.5 Å². The minimum absolute atomic E-state index is 0.0535. The third-order valence-electron chi connectivity index (χ3n) is 4.64. The highest BCUT2D eigenvalue weighted by atomic mass is 35.5. The molecule has 1 N–H and O–H groups in total. The number of halogens is 1. The van der Waals surface area contributed by atoms with Crippen LogP contribution < -0.4 is 15.0 Å². The van der Waals surface area contributed by atoms with Gasteiger partial charge in [-0.25, -0.2) is 0 Å². The van der Waals surface area contributed by atoms with E-state index >= 15 is 0 Å². The lowest BCUT2D eigenvalue weighted by atomic mass is 10.1. The van der Waals surface area contributed by atoms with E-state index < -0.39 is 0 Å². The molecule has 29 heavy (non-hydrogen) atoms. The summed E-state index contributed by atoms with van der Waals surface area (Å²) in [6, 6.07) is 11.8. The number of hydrogen-bond donors (Lipinski definition) is 1. The summed E-state index contributed by atoms with van der Waals surface area (Å²) < 4.78 is 5.21. The first kappa shape index (κ1) is 20.7. The third-order valence-corrected chi connectivity index (χ3v) is 4.88. The average Bonchev–Trinajstić information content (AvgIpc) is 3.13. The summed E-state index contributed by atoms with van der Waals surface area (Å²) in [6.07, 6.45) is 1.33. The van der Waals surface area contributed by atoms with Gasteiger partial charge in [-0.1, -0.05) is 17.7 Å². The molecule has 8 heteroatoms. The number of hydrogen-bond acceptors (Lipinski definition) is 4. The number of likely N-dealkylation sites (N-methyl/N-ethyl adjacent to an activating group) is 1. The summed E-state index contributed by atoms with van der Waals surface area (Å²) in [6.45, 7) is 0.498. The Morgan fingerprint density at radius 2 is 2.03 bits per heavy atom. The van der Waals surface area contributed by atoms with E-state index in [1.807, 2.05) is 0 Å². The van der Waals surface area contributed by atoms with E-state index in [1.165, 1.54) is 12.0 Å². The third kappa shape index (κ3) is 4.86. The molecule has 0 unspecified atom stereocenters. The Bertz CT molecular complexity index is 947. The maximum atomic E-state index is 12.8. The van der Waals surface area contributed by atoms with Crippen molar-refractivity contribution in [3.05, 3.63) is 53.1 Å². The van der Waals surface area contributed by atoms with Crippen LogP contribution in [0, 0.1) is 0 Å². The Morgan fingerprint density at radius 3 is 2.72 bits per heavy atom. The molecule has 1 aliphatic rings. The van der Waals surface area contributed by atoms with Gasteiger partial charge in [0.05, 0.1) is 19.3 Å². The highest BCUT2D eigenvalue weighted by molar-refractivity contribution is 6.31. The zero-order valence-electron chi connectivity index (χ0n) is 16.3. The average molecular weight is 416 g/mol. The van der Waals surface area contributed by atoms with Crippen LogP contribution in [0.3, 0.4) is 0 Å². The zero-order chi connectivity index (χ0) is 21.0. The second-order valence-electron chi connectivity index (χ2n) is 6.75. The first-order valence-corrected chi connectivity index (χ1v) is 9.56. The first-order chi connectivity index (χ1) is 13.9. The van der Waals surface area contributed by atoms with Crippen molar-refractivity contribution in [1.29, 1.82) is 0 Å². The molecule has 0 bridgehead atoms. The van der Waals surface area contributed by atoms with Gasteiger partial charge in [0.1, 0.15) is 5.75 Å². The molecule has 1 aliphatic heterocycles. The highest BCUT2D eigenvalue weighted by Gasteiger charge is 2.23. The van der Waals surface area contributed by atoms with Crippen LogP contribution in [0.5, 0.6) is 5.75 Å². The lowest BCUT2D eigenvalue weighted by Gasteiger charge is -2.20. The van der Waals surface area contributed by atoms with Crippen molar-refractivity contribution in [3.8, 4) is 5.75 Å². The van der Waals surface area contributed by atoms with Crippen molar-refractivity contribution in [3.63, 3.8) is 0 Å². The van der Waals surface area contributed by atoms with Crippen molar-refractivity contribution < 1.29 is 19.1 Å².